The van der Waals surface area contributed by atoms with Crippen LogP contribution in [-0.4, -0.2) is 18.3 Å². The van der Waals surface area contributed by atoms with Gasteiger partial charge in [0.25, 0.3) is 0 Å². The van der Waals surface area contributed by atoms with Gasteiger partial charge in [-0.05, 0) is 25.0 Å². The molecule has 0 unspecified atom stereocenters. The van der Waals surface area contributed by atoms with Crippen molar-refractivity contribution in [3.8, 4) is 11.8 Å². The molecule has 1 aliphatic rings. The van der Waals surface area contributed by atoms with Crippen molar-refractivity contribution < 1.29 is 9.84 Å². The first-order valence-electron chi connectivity index (χ1n) is 5.12. The van der Waals surface area contributed by atoms with Gasteiger partial charge in [0.15, 0.2) is 0 Å². The molecule has 84 valence electrons. The molecule has 0 aromatic heterocycles. The summed E-state index contributed by atoms with van der Waals surface area (Å²) in [6.45, 7) is 0.669. The Hall–Kier alpha value is -1.24. The van der Waals surface area contributed by atoms with Gasteiger partial charge in [0.2, 0.25) is 0 Å². The van der Waals surface area contributed by atoms with Gasteiger partial charge in [-0.3, -0.25) is 0 Å². The highest BCUT2D eigenvalue weighted by Gasteiger charge is 2.42. The molecular formula is C12H12ClNO2. The minimum Gasteiger partial charge on any atom is -0.493 e. The predicted molar refractivity (Wildman–Crippen MR) is 60.4 cm³/mol. The maximum Gasteiger partial charge on any atom is 0.120 e. The molecule has 0 saturated heterocycles. The fourth-order valence-corrected chi connectivity index (χ4v) is 1.65. The molecule has 4 heteroatoms. The topological polar surface area (TPSA) is 53.2 Å². The molecule has 1 aliphatic carbocycles. The molecule has 0 amide bonds. The molecule has 1 aromatic rings. The number of aliphatic hydroxyl groups excluding tert-OH is 1. The van der Waals surface area contributed by atoms with E-state index in [1.807, 2.05) is 6.07 Å². The summed E-state index contributed by atoms with van der Waals surface area (Å²) in [6.07, 6.45) is 2.01. The maximum absolute atomic E-state index is 9.12. The van der Waals surface area contributed by atoms with E-state index in [0.717, 1.165) is 12.8 Å². The van der Waals surface area contributed by atoms with Crippen molar-refractivity contribution in [1.82, 2.24) is 0 Å². The average molecular weight is 238 g/mol. The molecule has 0 spiro atoms. The Bertz CT molecular complexity index is 435. The molecule has 1 N–H and O–H groups in total. The second-order valence-electron chi connectivity index (χ2n) is 4.20. The van der Waals surface area contributed by atoms with Crippen LogP contribution in [0.5, 0.6) is 5.75 Å². The van der Waals surface area contributed by atoms with Gasteiger partial charge in [-0.25, -0.2) is 0 Å². The second kappa shape index (κ2) is 4.32. The summed E-state index contributed by atoms with van der Waals surface area (Å²) >= 11 is 5.88. The van der Waals surface area contributed by atoms with E-state index in [9.17, 15) is 0 Å². The van der Waals surface area contributed by atoms with Crippen molar-refractivity contribution >= 4 is 11.6 Å². The molecule has 1 saturated carbocycles. The number of nitrogens with zero attached hydrogens (tertiary/aromatic N) is 1. The standard InChI is InChI=1S/C12H12ClNO2/c13-11-5-10(2-1-9(11)6-14)16-8-12(7-15)3-4-12/h1-2,5,15H,3-4,7-8H2. The lowest BCUT2D eigenvalue weighted by molar-refractivity contribution is 0.146. The van der Waals surface area contributed by atoms with Gasteiger partial charge < -0.3 is 9.84 Å². The van der Waals surface area contributed by atoms with Gasteiger partial charge in [-0.2, -0.15) is 5.26 Å². The first kappa shape index (κ1) is 11.3. The average Bonchev–Trinajstić information content (AvgIpc) is 3.07. The van der Waals surface area contributed by atoms with Crippen LogP contribution >= 0.6 is 11.6 Å². The van der Waals surface area contributed by atoms with E-state index in [1.165, 1.54) is 0 Å². The second-order valence-corrected chi connectivity index (χ2v) is 4.61. The third-order valence-electron chi connectivity index (χ3n) is 2.90. The van der Waals surface area contributed by atoms with Crippen molar-refractivity contribution in [3.05, 3.63) is 28.8 Å². The highest BCUT2D eigenvalue weighted by molar-refractivity contribution is 6.31. The van der Waals surface area contributed by atoms with E-state index in [1.54, 1.807) is 18.2 Å². The van der Waals surface area contributed by atoms with Gasteiger partial charge in [0, 0.05) is 11.5 Å². The Morgan fingerprint density at radius 1 is 1.50 bits per heavy atom. The Labute approximate surface area is 99.2 Å². The zero-order valence-electron chi connectivity index (χ0n) is 8.74. The molecule has 0 bridgehead atoms. The zero-order valence-corrected chi connectivity index (χ0v) is 9.50. The van der Waals surface area contributed by atoms with Crippen LogP contribution in [0.2, 0.25) is 5.02 Å². The van der Waals surface area contributed by atoms with Gasteiger partial charge in [-0.15, -0.1) is 0 Å². The Morgan fingerprint density at radius 3 is 2.75 bits per heavy atom. The highest BCUT2D eigenvalue weighted by atomic mass is 35.5. The van der Waals surface area contributed by atoms with E-state index >= 15 is 0 Å². The summed E-state index contributed by atoms with van der Waals surface area (Å²) < 4.78 is 5.55. The van der Waals surface area contributed by atoms with Gasteiger partial charge in [-0.1, -0.05) is 11.6 Å². The first-order chi connectivity index (χ1) is 7.69. The maximum atomic E-state index is 9.12. The molecule has 0 aliphatic heterocycles. The number of ether oxygens (including phenoxy) is 1. The minimum absolute atomic E-state index is 0.0413. The van der Waals surface area contributed by atoms with Crippen LogP contribution in [-0.2, 0) is 0 Å². The summed E-state index contributed by atoms with van der Waals surface area (Å²) in [5, 5.41) is 18.2. The summed E-state index contributed by atoms with van der Waals surface area (Å²) in [4.78, 5) is 0. The van der Waals surface area contributed by atoms with Crippen LogP contribution < -0.4 is 4.74 Å². The van der Waals surface area contributed by atoms with Crippen molar-refractivity contribution in [3.63, 3.8) is 0 Å². The van der Waals surface area contributed by atoms with Crippen molar-refractivity contribution in [1.29, 1.82) is 5.26 Å². The van der Waals surface area contributed by atoms with Crippen molar-refractivity contribution in [2.24, 2.45) is 5.41 Å². The van der Waals surface area contributed by atoms with Crippen LogP contribution in [0.3, 0.4) is 0 Å². The summed E-state index contributed by atoms with van der Waals surface area (Å²) in [5.74, 6) is 0.642. The fraction of sp³-hybridized carbons (Fsp3) is 0.417. The first-order valence-corrected chi connectivity index (χ1v) is 5.50. The van der Waals surface area contributed by atoms with Crippen LogP contribution in [0.1, 0.15) is 18.4 Å². The van der Waals surface area contributed by atoms with E-state index in [-0.39, 0.29) is 12.0 Å². The van der Waals surface area contributed by atoms with E-state index in [4.69, 9.17) is 26.7 Å². The fourth-order valence-electron chi connectivity index (χ4n) is 1.44. The highest BCUT2D eigenvalue weighted by Crippen LogP contribution is 2.45. The predicted octanol–water partition coefficient (Wildman–Crippen LogP) is 2.36. The number of hydrogen-bond acceptors (Lipinski definition) is 3. The number of nitriles is 1. The van der Waals surface area contributed by atoms with Crippen LogP contribution in [0.25, 0.3) is 0 Å². The Balaban J connectivity index is 2.00. The minimum atomic E-state index is -0.0413. The van der Waals surface area contributed by atoms with Crippen LogP contribution in [0.15, 0.2) is 18.2 Å². The third kappa shape index (κ3) is 2.29. The van der Waals surface area contributed by atoms with Gasteiger partial charge in [0.1, 0.15) is 11.8 Å². The lowest BCUT2D eigenvalue weighted by Crippen LogP contribution is -2.17. The van der Waals surface area contributed by atoms with E-state index in [2.05, 4.69) is 0 Å². The normalized spacial score (nSPS) is 16.6. The number of rotatable bonds is 4. The van der Waals surface area contributed by atoms with Crippen LogP contribution in [0, 0.1) is 16.7 Å². The molecule has 0 radical (unpaired) electrons. The molecule has 16 heavy (non-hydrogen) atoms. The molecular weight excluding hydrogens is 226 g/mol. The molecule has 2 rings (SSSR count). The summed E-state index contributed by atoms with van der Waals surface area (Å²) in [6, 6.07) is 6.98. The van der Waals surface area contributed by atoms with Crippen molar-refractivity contribution in [2.75, 3.05) is 13.2 Å². The number of hydrogen-bond donors (Lipinski definition) is 1. The lowest BCUT2D eigenvalue weighted by Gasteiger charge is -2.13. The third-order valence-corrected chi connectivity index (χ3v) is 3.21. The number of benzene rings is 1. The smallest absolute Gasteiger partial charge is 0.120 e. The molecule has 1 aromatic carbocycles. The lowest BCUT2D eigenvalue weighted by atomic mass is 10.1. The molecule has 0 atom stereocenters. The van der Waals surface area contributed by atoms with Gasteiger partial charge >= 0.3 is 0 Å². The van der Waals surface area contributed by atoms with Crippen LogP contribution in [0.4, 0.5) is 0 Å². The number of halogens is 1. The van der Waals surface area contributed by atoms with Gasteiger partial charge in [0.05, 0.1) is 23.8 Å². The molecule has 0 heterocycles. The SMILES string of the molecule is N#Cc1ccc(OCC2(CO)CC2)cc1Cl. The summed E-state index contributed by atoms with van der Waals surface area (Å²) in [5.41, 5.74) is 0.401. The Kier molecular flexibility index (Phi) is 3.04. The van der Waals surface area contributed by atoms with E-state index in [0.29, 0.717) is 22.9 Å². The largest absolute Gasteiger partial charge is 0.493 e. The quantitative estimate of drug-likeness (QED) is 0.875. The Morgan fingerprint density at radius 2 is 2.25 bits per heavy atom. The van der Waals surface area contributed by atoms with E-state index < -0.39 is 0 Å². The zero-order chi connectivity index (χ0) is 11.6. The molecule has 3 nitrogen and oxygen atoms in total. The molecule has 1 fully saturated rings. The summed E-state index contributed by atoms with van der Waals surface area (Å²) in [7, 11) is 0. The monoisotopic (exact) mass is 237 g/mol. The number of aliphatic hydroxyl groups is 1. The van der Waals surface area contributed by atoms with Crippen molar-refractivity contribution in [2.45, 2.75) is 12.8 Å².